The molecule has 3 aromatic carbocycles. The van der Waals surface area contributed by atoms with Crippen LogP contribution in [0, 0.1) is 13.8 Å². The van der Waals surface area contributed by atoms with Crippen molar-refractivity contribution in [3.8, 4) is 10.6 Å². The number of benzene rings is 3. The maximum absolute atomic E-state index is 13.5. The van der Waals surface area contributed by atoms with E-state index in [-0.39, 0.29) is 4.90 Å². The summed E-state index contributed by atoms with van der Waals surface area (Å²) in [6, 6.07) is 23.0. The van der Waals surface area contributed by atoms with Crippen molar-refractivity contribution in [2.45, 2.75) is 18.7 Å². The highest BCUT2D eigenvalue weighted by Gasteiger charge is 2.28. The molecule has 0 bridgehead atoms. The Balaban J connectivity index is 1.62. The van der Waals surface area contributed by atoms with E-state index in [1.54, 1.807) is 30.3 Å². The Morgan fingerprint density at radius 1 is 0.909 bits per heavy atom. The van der Waals surface area contributed by atoms with E-state index < -0.39 is 22.5 Å². The number of rotatable bonds is 7. The number of nitrogens with one attached hydrogen (secondary N) is 1. The van der Waals surface area contributed by atoms with Crippen molar-refractivity contribution in [2.75, 3.05) is 16.2 Å². The van der Waals surface area contributed by atoms with Gasteiger partial charge in [0.25, 0.3) is 10.0 Å². The van der Waals surface area contributed by atoms with Crippen molar-refractivity contribution in [3.05, 3.63) is 90.0 Å². The molecule has 0 aliphatic carbocycles. The number of amides is 1. The van der Waals surface area contributed by atoms with Crippen LogP contribution in [0.15, 0.2) is 83.8 Å². The lowest BCUT2D eigenvalue weighted by molar-refractivity contribution is -0.114. The molecule has 9 heteroatoms. The third-order valence-electron chi connectivity index (χ3n) is 4.80. The highest BCUT2D eigenvalue weighted by molar-refractivity contribution is 7.92. The fraction of sp³-hybridized carbons (Fsp3) is 0.125. The van der Waals surface area contributed by atoms with Gasteiger partial charge in [0, 0.05) is 5.56 Å². The van der Waals surface area contributed by atoms with Gasteiger partial charge in [-0.1, -0.05) is 65.9 Å². The van der Waals surface area contributed by atoms with E-state index >= 15 is 0 Å². The van der Waals surface area contributed by atoms with Gasteiger partial charge in [-0.3, -0.25) is 14.4 Å². The first kappa shape index (κ1) is 22.6. The molecule has 0 saturated carbocycles. The van der Waals surface area contributed by atoms with E-state index in [9.17, 15) is 13.2 Å². The van der Waals surface area contributed by atoms with Crippen LogP contribution in [-0.2, 0) is 14.8 Å². The second-order valence-corrected chi connectivity index (χ2v) is 10.3. The zero-order valence-corrected chi connectivity index (χ0v) is 19.7. The Bertz CT molecular complexity index is 1350. The average Bonchev–Trinajstić information content (AvgIpc) is 3.26. The highest BCUT2D eigenvalue weighted by Crippen LogP contribution is 2.28. The number of carbonyl (C=O) groups is 1. The molecule has 0 aliphatic heterocycles. The number of carbonyl (C=O) groups excluding carboxylic acids is 1. The van der Waals surface area contributed by atoms with E-state index in [1.807, 2.05) is 50.2 Å². The zero-order chi connectivity index (χ0) is 23.4. The molecule has 4 aromatic rings. The summed E-state index contributed by atoms with van der Waals surface area (Å²) in [7, 11) is -3.97. The fourth-order valence-electron chi connectivity index (χ4n) is 3.39. The van der Waals surface area contributed by atoms with Gasteiger partial charge in [-0.15, -0.1) is 10.2 Å². The van der Waals surface area contributed by atoms with Crippen molar-refractivity contribution in [1.29, 1.82) is 0 Å². The predicted octanol–water partition coefficient (Wildman–Crippen LogP) is 4.66. The summed E-state index contributed by atoms with van der Waals surface area (Å²) in [5.74, 6) is -0.510. The Kier molecular flexibility index (Phi) is 6.52. The van der Waals surface area contributed by atoms with Crippen LogP contribution >= 0.6 is 11.3 Å². The van der Waals surface area contributed by atoms with Crippen molar-refractivity contribution in [2.24, 2.45) is 0 Å². The Morgan fingerprint density at radius 2 is 1.52 bits per heavy atom. The predicted molar refractivity (Wildman–Crippen MR) is 131 cm³/mol. The number of aromatic nitrogens is 2. The Morgan fingerprint density at radius 3 is 2.15 bits per heavy atom. The van der Waals surface area contributed by atoms with E-state index in [1.165, 1.54) is 23.5 Å². The second-order valence-electron chi connectivity index (χ2n) is 7.50. The zero-order valence-electron chi connectivity index (χ0n) is 18.1. The van der Waals surface area contributed by atoms with Gasteiger partial charge in [-0.25, -0.2) is 8.42 Å². The van der Waals surface area contributed by atoms with Crippen molar-refractivity contribution in [1.82, 2.24) is 10.2 Å². The van der Waals surface area contributed by atoms with Gasteiger partial charge in [0.15, 0.2) is 0 Å². The normalized spacial score (nSPS) is 11.2. The van der Waals surface area contributed by atoms with E-state index in [0.29, 0.717) is 15.8 Å². The molecule has 1 heterocycles. The summed E-state index contributed by atoms with van der Waals surface area (Å²) in [5, 5.41) is 11.8. The number of anilines is 2. The Hall–Kier alpha value is -3.56. The molecule has 4 rings (SSSR count). The molecule has 0 fully saturated rings. The van der Waals surface area contributed by atoms with Gasteiger partial charge in [-0.05, 0) is 49.2 Å². The van der Waals surface area contributed by atoms with Gasteiger partial charge in [0.2, 0.25) is 11.0 Å². The van der Waals surface area contributed by atoms with Gasteiger partial charge >= 0.3 is 0 Å². The molecule has 1 aromatic heterocycles. The standard InChI is InChI=1S/C24H22N4O3S2/c1-17-13-18(2)15-20(14-17)28(33(30,31)21-11-7-4-8-12-21)16-22(29)25-24-27-26-23(32-24)19-9-5-3-6-10-19/h3-15H,16H2,1-2H3,(H,25,27,29). The lowest BCUT2D eigenvalue weighted by Gasteiger charge is -2.24. The second kappa shape index (κ2) is 9.51. The number of aryl methyl sites for hydroxylation is 2. The fourth-order valence-corrected chi connectivity index (χ4v) is 5.58. The number of sulfonamides is 1. The average molecular weight is 479 g/mol. The quantitative estimate of drug-likeness (QED) is 0.417. The molecule has 0 saturated heterocycles. The SMILES string of the molecule is Cc1cc(C)cc(N(CC(=O)Nc2nnc(-c3ccccc3)s2)S(=O)(=O)c2ccccc2)c1. The first-order valence-corrected chi connectivity index (χ1v) is 12.4. The van der Waals surface area contributed by atoms with Gasteiger partial charge < -0.3 is 0 Å². The third-order valence-corrected chi connectivity index (χ3v) is 7.48. The molecule has 168 valence electrons. The van der Waals surface area contributed by atoms with Gasteiger partial charge in [-0.2, -0.15) is 0 Å². The van der Waals surface area contributed by atoms with Gasteiger partial charge in [0.05, 0.1) is 10.6 Å². The van der Waals surface area contributed by atoms with Gasteiger partial charge in [0.1, 0.15) is 11.6 Å². The molecule has 0 aliphatic rings. The first-order chi connectivity index (χ1) is 15.8. The summed E-state index contributed by atoms with van der Waals surface area (Å²) in [6.07, 6.45) is 0. The maximum Gasteiger partial charge on any atom is 0.264 e. The molecule has 0 unspecified atom stereocenters. The number of hydrogen-bond donors (Lipinski definition) is 1. The molecular formula is C24H22N4O3S2. The summed E-state index contributed by atoms with van der Waals surface area (Å²) in [4.78, 5) is 13.0. The minimum Gasteiger partial charge on any atom is -0.299 e. The molecule has 0 atom stereocenters. The largest absolute Gasteiger partial charge is 0.299 e. The van der Waals surface area contributed by atoms with Crippen molar-refractivity contribution in [3.63, 3.8) is 0 Å². The van der Waals surface area contributed by atoms with E-state index in [2.05, 4.69) is 15.5 Å². The molecule has 1 amide bonds. The van der Waals surface area contributed by atoms with Crippen molar-refractivity contribution < 1.29 is 13.2 Å². The molecular weight excluding hydrogens is 456 g/mol. The van der Waals surface area contributed by atoms with Crippen LogP contribution < -0.4 is 9.62 Å². The minimum absolute atomic E-state index is 0.110. The topological polar surface area (TPSA) is 92.3 Å². The van der Waals surface area contributed by atoms with Crippen LogP contribution in [0.2, 0.25) is 0 Å². The lowest BCUT2D eigenvalue weighted by atomic mass is 10.1. The monoisotopic (exact) mass is 478 g/mol. The summed E-state index contributed by atoms with van der Waals surface area (Å²) >= 11 is 1.22. The summed E-state index contributed by atoms with van der Waals surface area (Å²) < 4.78 is 28.0. The van der Waals surface area contributed by atoms with Crippen LogP contribution in [0.3, 0.4) is 0 Å². The number of nitrogens with zero attached hydrogens (tertiary/aromatic N) is 3. The van der Waals surface area contributed by atoms with Crippen LogP contribution in [0.5, 0.6) is 0 Å². The minimum atomic E-state index is -3.97. The van der Waals surface area contributed by atoms with Crippen LogP contribution in [0.4, 0.5) is 10.8 Å². The molecule has 0 radical (unpaired) electrons. The molecule has 0 spiro atoms. The molecule has 33 heavy (non-hydrogen) atoms. The number of hydrogen-bond acceptors (Lipinski definition) is 6. The third kappa shape index (κ3) is 5.27. The van der Waals surface area contributed by atoms with E-state index in [4.69, 9.17) is 0 Å². The van der Waals surface area contributed by atoms with Crippen LogP contribution in [0.1, 0.15) is 11.1 Å². The van der Waals surface area contributed by atoms with Crippen molar-refractivity contribution >= 4 is 38.1 Å². The Labute approximate surface area is 196 Å². The maximum atomic E-state index is 13.5. The van der Waals surface area contributed by atoms with Crippen LogP contribution in [-0.4, -0.2) is 31.1 Å². The van der Waals surface area contributed by atoms with Crippen LogP contribution in [0.25, 0.3) is 10.6 Å². The summed E-state index contributed by atoms with van der Waals surface area (Å²) in [5.41, 5.74) is 3.11. The molecule has 1 N–H and O–H groups in total. The lowest BCUT2D eigenvalue weighted by Crippen LogP contribution is -2.38. The van der Waals surface area contributed by atoms with E-state index in [0.717, 1.165) is 21.0 Å². The molecule has 7 nitrogen and oxygen atoms in total. The first-order valence-electron chi connectivity index (χ1n) is 10.2. The highest BCUT2D eigenvalue weighted by atomic mass is 32.2. The smallest absolute Gasteiger partial charge is 0.264 e. The summed E-state index contributed by atoms with van der Waals surface area (Å²) in [6.45, 7) is 3.37.